The standard InChI is InChI=1S/C46H33NO/c1-2-15-40(43-32-48-46-31-37-21-10-9-20-36(37)30-42(43)46)41-23-12-14-25-45(41)47(38-28-26-34(27-29-38)33-16-5-3-6-17-33)44-24-13-11-22-39(44)35-18-7-4-8-19-35/h2-32H,1H2/b40-15-. The van der Waals surface area contributed by atoms with E-state index in [1.165, 1.54) is 16.5 Å². The molecule has 0 aliphatic carbocycles. The van der Waals surface area contributed by atoms with Crippen molar-refractivity contribution in [2.24, 2.45) is 0 Å². The van der Waals surface area contributed by atoms with Crippen LogP contribution < -0.4 is 4.90 Å². The van der Waals surface area contributed by atoms with E-state index in [9.17, 15) is 0 Å². The molecule has 8 aromatic rings. The monoisotopic (exact) mass is 615 g/mol. The van der Waals surface area contributed by atoms with Gasteiger partial charge in [0.05, 0.1) is 17.6 Å². The molecule has 0 amide bonds. The van der Waals surface area contributed by atoms with Crippen molar-refractivity contribution in [3.8, 4) is 22.3 Å². The quantitative estimate of drug-likeness (QED) is 0.158. The van der Waals surface area contributed by atoms with Crippen LogP contribution in [0.5, 0.6) is 0 Å². The number of benzene rings is 7. The van der Waals surface area contributed by atoms with Crippen LogP contribution in [-0.2, 0) is 0 Å². The van der Waals surface area contributed by atoms with Crippen LogP contribution in [0.25, 0.3) is 49.6 Å². The largest absolute Gasteiger partial charge is 0.464 e. The van der Waals surface area contributed by atoms with E-state index in [1.807, 2.05) is 12.3 Å². The second-order valence-corrected chi connectivity index (χ2v) is 11.8. The van der Waals surface area contributed by atoms with E-state index in [1.54, 1.807) is 0 Å². The smallest absolute Gasteiger partial charge is 0.135 e. The van der Waals surface area contributed by atoms with E-state index < -0.39 is 0 Å². The van der Waals surface area contributed by atoms with Gasteiger partial charge >= 0.3 is 0 Å². The highest BCUT2D eigenvalue weighted by Gasteiger charge is 2.23. The minimum atomic E-state index is 0.860. The van der Waals surface area contributed by atoms with Gasteiger partial charge in [-0.05, 0) is 69.4 Å². The normalized spacial score (nSPS) is 11.5. The summed E-state index contributed by atoms with van der Waals surface area (Å²) in [7, 11) is 0. The zero-order valence-electron chi connectivity index (χ0n) is 26.5. The molecule has 0 radical (unpaired) electrons. The Morgan fingerprint density at radius 2 is 1.10 bits per heavy atom. The van der Waals surface area contributed by atoms with Gasteiger partial charge in [0.1, 0.15) is 5.58 Å². The van der Waals surface area contributed by atoms with Gasteiger partial charge < -0.3 is 9.32 Å². The Bertz CT molecular complexity index is 2400. The first kappa shape index (κ1) is 29.1. The molecule has 0 saturated heterocycles. The maximum Gasteiger partial charge on any atom is 0.135 e. The molecular weight excluding hydrogens is 583 g/mol. The molecule has 0 unspecified atom stereocenters. The summed E-state index contributed by atoms with van der Waals surface area (Å²) in [5.41, 5.74) is 11.9. The number of allylic oxidation sites excluding steroid dienone is 2. The third-order valence-corrected chi connectivity index (χ3v) is 8.91. The van der Waals surface area contributed by atoms with E-state index >= 15 is 0 Å². The summed E-state index contributed by atoms with van der Waals surface area (Å²) in [6, 6.07) is 60.0. The summed E-state index contributed by atoms with van der Waals surface area (Å²) in [4.78, 5) is 2.38. The highest BCUT2D eigenvalue weighted by molar-refractivity contribution is 6.05. The maximum absolute atomic E-state index is 6.22. The topological polar surface area (TPSA) is 16.4 Å². The van der Waals surface area contributed by atoms with Crippen molar-refractivity contribution in [1.29, 1.82) is 0 Å². The molecule has 8 rings (SSSR count). The third kappa shape index (κ3) is 5.40. The van der Waals surface area contributed by atoms with Gasteiger partial charge in [0.15, 0.2) is 0 Å². The average Bonchev–Trinajstić information content (AvgIpc) is 3.57. The third-order valence-electron chi connectivity index (χ3n) is 8.91. The fourth-order valence-corrected chi connectivity index (χ4v) is 6.63. The summed E-state index contributed by atoms with van der Waals surface area (Å²) in [6.45, 7) is 4.13. The van der Waals surface area contributed by atoms with Crippen LogP contribution in [0.15, 0.2) is 199 Å². The first-order valence-electron chi connectivity index (χ1n) is 16.2. The van der Waals surface area contributed by atoms with Crippen LogP contribution in [-0.4, -0.2) is 0 Å². The van der Waals surface area contributed by atoms with E-state index in [4.69, 9.17) is 4.42 Å². The molecule has 2 heteroatoms. The molecule has 1 aromatic heterocycles. The van der Waals surface area contributed by atoms with Crippen LogP contribution >= 0.6 is 0 Å². The highest BCUT2D eigenvalue weighted by Crippen LogP contribution is 2.45. The van der Waals surface area contributed by atoms with Crippen LogP contribution in [0.3, 0.4) is 0 Å². The number of para-hydroxylation sites is 2. The van der Waals surface area contributed by atoms with Crippen molar-refractivity contribution in [3.05, 3.63) is 206 Å². The van der Waals surface area contributed by atoms with Gasteiger partial charge in [-0.1, -0.05) is 152 Å². The van der Waals surface area contributed by atoms with Gasteiger partial charge in [-0.25, -0.2) is 0 Å². The Morgan fingerprint density at radius 1 is 0.521 bits per heavy atom. The van der Waals surface area contributed by atoms with E-state index in [0.29, 0.717) is 0 Å². The van der Waals surface area contributed by atoms with Crippen molar-refractivity contribution < 1.29 is 4.42 Å². The Kier molecular flexibility index (Phi) is 7.74. The summed E-state index contributed by atoms with van der Waals surface area (Å²) in [5, 5.41) is 3.40. The Labute approximate surface area is 281 Å². The van der Waals surface area contributed by atoms with Crippen LogP contribution in [0.1, 0.15) is 11.1 Å². The Morgan fingerprint density at radius 3 is 1.83 bits per heavy atom. The summed E-state index contributed by atoms with van der Waals surface area (Å²) in [5.74, 6) is 0. The second-order valence-electron chi connectivity index (χ2n) is 11.8. The van der Waals surface area contributed by atoms with E-state index in [0.717, 1.165) is 61.2 Å². The molecular formula is C46H33NO. The molecule has 0 saturated carbocycles. The molecule has 0 atom stereocenters. The van der Waals surface area contributed by atoms with Gasteiger partial charge in [0.2, 0.25) is 0 Å². The fourth-order valence-electron chi connectivity index (χ4n) is 6.63. The first-order valence-corrected chi connectivity index (χ1v) is 16.2. The van der Waals surface area contributed by atoms with Gasteiger partial charge in [0.25, 0.3) is 0 Å². The van der Waals surface area contributed by atoms with Gasteiger partial charge in [-0.3, -0.25) is 0 Å². The lowest BCUT2D eigenvalue weighted by Gasteiger charge is -2.30. The number of furan rings is 1. The molecule has 2 nitrogen and oxygen atoms in total. The molecule has 0 aliphatic heterocycles. The fraction of sp³-hybridized carbons (Fsp3) is 0. The minimum Gasteiger partial charge on any atom is -0.464 e. The lowest BCUT2D eigenvalue weighted by molar-refractivity contribution is 0.615. The molecule has 48 heavy (non-hydrogen) atoms. The predicted molar refractivity (Wildman–Crippen MR) is 203 cm³/mol. The molecule has 0 spiro atoms. The van der Waals surface area contributed by atoms with Crippen molar-refractivity contribution >= 4 is 44.4 Å². The zero-order chi connectivity index (χ0) is 32.3. The molecule has 0 fully saturated rings. The van der Waals surface area contributed by atoms with E-state index in [2.05, 4.69) is 187 Å². The Balaban J connectivity index is 1.34. The summed E-state index contributed by atoms with van der Waals surface area (Å²) in [6.07, 6.45) is 5.84. The maximum atomic E-state index is 6.22. The molecule has 228 valence electrons. The van der Waals surface area contributed by atoms with Crippen LogP contribution in [0.2, 0.25) is 0 Å². The number of fused-ring (bicyclic) bond motifs is 2. The number of nitrogens with zero attached hydrogens (tertiary/aromatic N) is 1. The van der Waals surface area contributed by atoms with Crippen LogP contribution in [0.4, 0.5) is 17.1 Å². The zero-order valence-corrected chi connectivity index (χ0v) is 26.5. The van der Waals surface area contributed by atoms with Crippen molar-refractivity contribution in [2.75, 3.05) is 4.90 Å². The number of rotatable bonds is 8. The SMILES string of the molecule is C=C/C=C(/c1ccccc1N(c1ccc(-c2ccccc2)cc1)c1ccccc1-c1ccccc1)c1coc2cc3ccccc3cc12. The molecule has 0 N–H and O–H groups in total. The molecule has 1 heterocycles. The summed E-state index contributed by atoms with van der Waals surface area (Å²) < 4.78 is 6.22. The minimum absolute atomic E-state index is 0.860. The lowest BCUT2D eigenvalue weighted by Crippen LogP contribution is -2.13. The second kappa shape index (κ2) is 12.8. The highest BCUT2D eigenvalue weighted by atomic mass is 16.3. The Hall–Kier alpha value is -6.38. The van der Waals surface area contributed by atoms with Crippen molar-refractivity contribution in [3.63, 3.8) is 0 Å². The van der Waals surface area contributed by atoms with Crippen molar-refractivity contribution in [2.45, 2.75) is 0 Å². The summed E-state index contributed by atoms with van der Waals surface area (Å²) >= 11 is 0. The lowest BCUT2D eigenvalue weighted by atomic mass is 9.93. The van der Waals surface area contributed by atoms with Gasteiger partial charge in [-0.2, -0.15) is 0 Å². The number of hydrogen-bond donors (Lipinski definition) is 0. The van der Waals surface area contributed by atoms with Crippen molar-refractivity contribution in [1.82, 2.24) is 0 Å². The van der Waals surface area contributed by atoms with Gasteiger partial charge in [0, 0.05) is 27.8 Å². The molecule has 0 aliphatic rings. The van der Waals surface area contributed by atoms with E-state index in [-0.39, 0.29) is 0 Å². The number of anilines is 3. The first-order chi connectivity index (χ1) is 23.8. The predicted octanol–water partition coefficient (Wildman–Crippen LogP) is 13.0. The average molecular weight is 616 g/mol. The van der Waals surface area contributed by atoms with Crippen LogP contribution in [0, 0.1) is 0 Å². The molecule has 7 aromatic carbocycles. The van der Waals surface area contributed by atoms with Gasteiger partial charge in [-0.15, -0.1) is 0 Å². The number of hydrogen-bond acceptors (Lipinski definition) is 2. The molecule has 0 bridgehead atoms.